The topological polar surface area (TPSA) is 108 Å². The monoisotopic (exact) mass is 336 g/mol. The summed E-state index contributed by atoms with van der Waals surface area (Å²) in [5, 5.41) is 7.59. The molecule has 2 rings (SSSR count). The molecule has 0 aliphatic carbocycles. The first-order valence-corrected chi connectivity index (χ1v) is 8.13. The zero-order chi connectivity index (χ0) is 16.9. The average Bonchev–Trinajstić information content (AvgIpc) is 2.53. The van der Waals surface area contributed by atoms with Gasteiger partial charge in [0.2, 0.25) is 10.0 Å². The first kappa shape index (κ1) is 16.8. The van der Waals surface area contributed by atoms with E-state index in [1.807, 2.05) is 0 Å². The van der Waals surface area contributed by atoms with Gasteiger partial charge in [-0.1, -0.05) is 0 Å². The quantitative estimate of drug-likeness (QED) is 0.828. The van der Waals surface area contributed by atoms with Gasteiger partial charge in [-0.2, -0.15) is 0 Å². The second kappa shape index (κ2) is 7.12. The summed E-state index contributed by atoms with van der Waals surface area (Å²) in [5.41, 5.74) is 0.445. The van der Waals surface area contributed by atoms with Gasteiger partial charge in [-0.3, -0.25) is 4.79 Å². The summed E-state index contributed by atoms with van der Waals surface area (Å²) < 4.78 is 32.6. The molecule has 2 aromatic rings. The number of nitrogens with two attached hydrogens (primary N) is 1. The van der Waals surface area contributed by atoms with Gasteiger partial charge >= 0.3 is 0 Å². The van der Waals surface area contributed by atoms with Crippen molar-refractivity contribution in [3.63, 3.8) is 0 Å². The van der Waals surface area contributed by atoms with E-state index in [1.54, 1.807) is 31.4 Å². The molecule has 3 N–H and O–H groups in total. The minimum Gasteiger partial charge on any atom is -0.497 e. The van der Waals surface area contributed by atoms with Gasteiger partial charge in [0.05, 0.1) is 12.0 Å². The number of hydrogen-bond donors (Lipinski definition) is 2. The molecular formula is C15H16N2O5S. The van der Waals surface area contributed by atoms with E-state index < -0.39 is 10.0 Å². The molecule has 0 unspecified atom stereocenters. The second-order valence-corrected chi connectivity index (χ2v) is 6.14. The van der Waals surface area contributed by atoms with Crippen LogP contribution in [0, 0.1) is 0 Å². The van der Waals surface area contributed by atoms with Crippen molar-refractivity contribution in [1.29, 1.82) is 0 Å². The summed E-state index contributed by atoms with van der Waals surface area (Å²) in [6, 6.07) is 12.3. The van der Waals surface area contributed by atoms with Crippen LogP contribution in [0.2, 0.25) is 0 Å². The van der Waals surface area contributed by atoms with Crippen LogP contribution in [0.25, 0.3) is 0 Å². The minimum atomic E-state index is -3.75. The molecule has 0 atom stereocenters. The fourth-order valence-corrected chi connectivity index (χ4v) is 2.26. The normalized spacial score (nSPS) is 10.9. The number of anilines is 1. The molecule has 0 aliphatic heterocycles. The largest absolute Gasteiger partial charge is 0.497 e. The Morgan fingerprint density at radius 3 is 2.13 bits per heavy atom. The molecule has 7 nitrogen and oxygen atoms in total. The lowest BCUT2D eigenvalue weighted by Gasteiger charge is -2.08. The van der Waals surface area contributed by atoms with E-state index in [9.17, 15) is 13.2 Å². The first-order valence-electron chi connectivity index (χ1n) is 6.58. The Kier molecular flexibility index (Phi) is 5.20. The predicted molar refractivity (Wildman–Crippen MR) is 84.9 cm³/mol. The molecule has 1 amide bonds. The Labute approximate surface area is 134 Å². The number of hydrogen-bond acceptors (Lipinski definition) is 5. The van der Waals surface area contributed by atoms with Crippen molar-refractivity contribution in [2.75, 3.05) is 19.0 Å². The van der Waals surface area contributed by atoms with Gasteiger partial charge in [-0.05, 0) is 48.5 Å². The van der Waals surface area contributed by atoms with Crippen LogP contribution in [0.5, 0.6) is 11.5 Å². The molecule has 0 fully saturated rings. The summed E-state index contributed by atoms with van der Waals surface area (Å²) in [5.74, 6) is 0.853. The first-order chi connectivity index (χ1) is 10.9. The number of carbonyl (C=O) groups excluding carboxylic acids is 1. The maximum atomic E-state index is 11.8. The molecule has 0 saturated heterocycles. The molecule has 0 radical (unpaired) electrons. The lowest BCUT2D eigenvalue weighted by atomic mass is 10.3. The van der Waals surface area contributed by atoms with Crippen LogP contribution in [0.15, 0.2) is 53.4 Å². The zero-order valence-electron chi connectivity index (χ0n) is 12.4. The number of sulfonamides is 1. The molecule has 0 heterocycles. The standard InChI is InChI=1S/C15H16N2O5S/c1-21-12-4-6-13(7-5-12)22-10-15(18)17-11-2-8-14(9-3-11)23(16,19)20/h2-9H,10H2,1H3,(H,17,18)(H2,16,19,20). The van der Waals surface area contributed by atoms with Crippen LogP contribution < -0.4 is 19.9 Å². The van der Waals surface area contributed by atoms with Crippen LogP contribution in [0.3, 0.4) is 0 Å². The van der Waals surface area contributed by atoms with E-state index in [0.29, 0.717) is 17.2 Å². The van der Waals surface area contributed by atoms with Crippen molar-refractivity contribution in [3.8, 4) is 11.5 Å². The zero-order valence-corrected chi connectivity index (χ0v) is 13.2. The van der Waals surface area contributed by atoms with Crippen LogP contribution in [0.4, 0.5) is 5.69 Å². The van der Waals surface area contributed by atoms with Gasteiger partial charge < -0.3 is 14.8 Å². The number of benzene rings is 2. The average molecular weight is 336 g/mol. The minimum absolute atomic E-state index is 0.0232. The molecule has 0 bridgehead atoms. The van der Waals surface area contributed by atoms with Gasteiger partial charge in [0, 0.05) is 5.69 Å². The Hall–Kier alpha value is -2.58. The van der Waals surface area contributed by atoms with Crippen LogP contribution in [-0.2, 0) is 14.8 Å². The van der Waals surface area contributed by atoms with Gasteiger partial charge in [0.25, 0.3) is 5.91 Å². The highest BCUT2D eigenvalue weighted by Crippen LogP contribution is 2.17. The highest BCUT2D eigenvalue weighted by Gasteiger charge is 2.08. The molecule has 0 aromatic heterocycles. The van der Waals surface area contributed by atoms with Crippen molar-refractivity contribution >= 4 is 21.6 Å². The smallest absolute Gasteiger partial charge is 0.262 e. The third-order valence-electron chi connectivity index (χ3n) is 2.90. The highest BCUT2D eigenvalue weighted by molar-refractivity contribution is 7.89. The van der Waals surface area contributed by atoms with E-state index in [-0.39, 0.29) is 17.4 Å². The summed E-state index contributed by atoms with van der Waals surface area (Å²) in [6.45, 7) is -0.177. The predicted octanol–water partition coefficient (Wildman–Crippen LogP) is 1.36. The van der Waals surface area contributed by atoms with E-state index in [1.165, 1.54) is 24.3 Å². The fraction of sp³-hybridized carbons (Fsp3) is 0.133. The van der Waals surface area contributed by atoms with E-state index in [4.69, 9.17) is 14.6 Å². The number of primary sulfonamides is 1. The maximum absolute atomic E-state index is 11.8. The molecular weight excluding hydrogens is 320 g/mol. The van der Waals surface area contributed by atoms with Crippen LogP contribution in [0.1, 0.15) is 0 Å². The number of amides is 1. The SMILES string of the molecule is COc1ccc(OCC(=O)Nc2ccc(S(N)(=O)=O)cc2)cc1. The van der Waals surface area contributed by atoms with Crippen molar-refractivity contribution < 1.29 is 22.7 Å². The summed E-state index contributed by atoms with van der Waals surface area (Å²) in [7, 11) is -2.19. The van der Waals surface area contributed by atoms with E-state index in [0.717, 1.165) is 0 Å². The molecule has 122 valence electrons. The van der Waals surface area contributed by atoms with Crippen molar-refractivity contribution in [3.05, 3.63) is 48.5 Å². The lowest BCUT2D eigenvalue weighted by Crippen LogP contribution is -2.20. The molecule has 23 heavy (non-hydrogen) atoms. The number of ether oxygens (including phenoxy) is 2. The second-order valence-electron chi connectivity index (χ2n) is 4.58. The van der Waals surface area contributed by atoms with Gasteiger partial charge in [0.1, 0.15) is 11.5 Å². The Bertz CT molecular complexity index is 771. The lowest BCUT2D eigenvalue weighted by molar-refractivity contribution is -0.118. The number of rotatable bonds is 6. The Morgan fingerprint density at radius 2 is 1.61 bits per heavy atom. The molecule has 2 aromatic carbocycles. The van der Waals surface area contributed by atoms with E-state index >= 15 is 0 Å². The highest BCUT2D eigenvalue weighted by atomic mass is 32.2. The molecule has 8 heteroatoms. The molecule has 0 saturated carbocycles. The van der Waals surface area contributed by atoms with Crippen molar-refractivity contribution in [2.24, 2.45) is 5.14 Å². The maximum Gasteiger partial charge on any atom is 0.262 e. The van der Waals surface area contributed by atoms with Gasteiger partial charge in [-0.25, -0.2) is 13.6 Å². The number of carbonyl (C=O) groups is 1. The summed E-state index contributed by atoms with van der Waals surface area (Å²) in [4.78, 5) is 11.8. The Balaban J connectivity index is 1.89. The third-order valence-corrected chi connectivity index (χ3v) is 3.83. The number of nitrogens with one attached hydrogen (secondary N) is 1. The van der Waals surface area contributed by atoms with Gasteiger partial charge in [-0.15, -0.1) is 0 Å². The fourth-order valence-electron chi connectivity index (χ4n) is 1.75. The Morgan fingerprint density at radius 1 is 1.04 bits per heavy atom. The molecule has 0 spiro atoms. The van der Waals surface area contributed by atoms with Crippen LogP contribution in [-0.4, -0.2) is 28.0 Å². The summed E-state index contributed by atoms with van der Waals surface area (Å²) >= 11 is 0. The van der Waals surface area contributed by atoms with Gasteiger partial charge in [0.15, 0.2) is 6.61 Å². The van der Waals surface area contributed by atoms with Crippen LogP contribution >= 0.6 is 0 Å². The third kappa shape index (κ3) is 4.97. The van der Waals surface area contributed by atoms with Crippen molar-refractivity contribution in [1.82, 2.24) is 0 Å². The summed E-state index contributed by atoms with van der Waals surface area (Å²) in [6.07, 6.45) is 0. The van der Waals surface area contributed by atoms with Crippen molar-refractivity contribution in [2.45, 2.75) is 4.90 Å². The number of methoxy groups -OCH3 is 1. The molecule has 0 aliphatic rings. The van der Waals surface area contributed by atoms with E-state index in [2.05, 4.69) is 5.32 Å².